The molecule has 3 aromatic rings. The average Bonchev–Trinajstić information content (AvgIpc) is 2.50. The minimum Gasteiger partial charge on any atom is -0.281 e. The Morgan fingerprint density at radius 3 is 2.52 bits per heavy atom. The first kappa shape index (κ1) is 15.4. The Labute approximate surface area is 134 Å². The number of aryl methyl sites for hydroxylation is 1. The van der Waals surface area contributed by atoms with Gasteiger partial charge in [-0.05, 0) is 36.8 Å². The monoisotopic (exact) mass is 330 g/mol. The molecule has 0 saturated carbocycles. The molecule has 0 aliphatic rings. The summed E-state index contributed by atoms with van der Waals surface area (Å²) in [4.78, 5) is 4.40. The second-order valence-corrected chi connectivity index (χ2v) is 7.04. The molecule has 23 heavy (non-hydrogen) atoms. The predicted molar refractivity (Wildman–Crippen MR) is 89.1 cm³/mol. The van der Waals surface area contributed by atoms with Crippen LogP contribution in [0.1, 0.15) is 11.3 Å². The Hall–Kier alpha value is -2.47. The van der Waals surface area contributed by atoms with Crippen molar-refractivity contribution in [2.75, 3.05) is 4.72 Å². The van der Waals surface area contributed by atoms with E-state index in [2.05, 4.69) is 9.71 Å². The summed E-state index contributed by atoms with van der Waals surface area (Å²) < 4.78 is 40.2. The van der Waals surface area contributed by atoms with Gasteiger partial charge in [-0.25, -0.2) is 12.8 Å². The summed E-state index contributed by atoms with van der Waals surface area (Å²) >= 11 is 0. The summed E-state index contributed by atoms with van der Waals surface area (Å²) in [7, 11) is -3.62. The number of fused-ring (bicyclic) bond motifs is 1. The first-order valence-electron chi connectivity index (χ1n) is 7.04. The van der Waals surface area contributed by atoms with Crippen LogP contribution in [0, 0.1) is 12.7 Å². The number of nitrogens with one attached hydrogen (secondary N) is 1. The van der Waals surface area contributed by atoms with Crippen LogP contribution in [0.2, 0.25) is 0 Å². The van der Waals surface area contributed by atoms with Crippen LogP contribution >= 0.6 is 0 Å². The number of benzene rings is 2. The van der Waals surface area contributed by atoms with E-state index in [4.69, 9.17) is 0 Å². The van der Waals surface area contributed by atoms with Crippen LogP contribution in [-0.4, -0.2) is 13.4 Å². The number of rotatable bonds is 4. The van der Waals surface area contributed by atoms with E-state index in [0.717, 1.165) is 11.1 Å². The lowest BCUT2D eigenvalue weighted by Gasteiger charge is -2.10. The van der Waals surface area contributed by atoms with Crippen molar-refractivity contribution in [3.05, 3.63) is 71.7 Å². The van der Waals surface area contributed by atoms with Gasteiger partial charge in [0.05, 0.1) is 17.0 Å². The number of sulfonamides is 1. The summed E-state index contributed by atoms with van der Waals surface area (Å²) in [6.07, 6.45) is 0. The van der Waals surface area contributed by atoms with Crippen LogP contribution in [0.15, 0.2) is 54.6 Å². The van der Waals surface area contributed by atoms with Gasteiger partial charge in [-0.2, -0.15) is 0 Å². The zero-order valence-corrected chi connectivity index (χ0v) is 13.3. The summed E-state index contributed by atoms with van der Waals surface area (Å²) in [6, 6.07) is 14.5. The smallest absolute Gasteiger partial charge is 0.236 e. The maximum atomic E-state index is 12.9. The molecule has 0 aliphatic carbocycles. The third-order valence-electron chi connectivity index (χ3n) is 3.39. The van der Waals surface area contributed by atoms with Crippen molar-refractivity contribution in [1.29, 1.82) is 0 Å². The molecule has 0 saturated heterocycles. The Morgan fingerprint density at radius 2 is 1.78 bits per heavy atom. The van der Waals surface area contributed by atoms with Crippen molar-refractivity contribution < 1.29 is 12.8 Å². The Kier molecular flexibility index (Phi) is 4.00. The van der Waals surface area contributed by atoms with E-state index in [1.165, 1.54) is 24.3 Å². The molecule has 6 heteroatoms. The second kappa shape index (κ2) is 5.96. The van der Waals surface area contributed by atoms with E-state index >= 15 is 0 Å². The lowest BCUT2D eigenvalue weighted by atomic mass is 10.2. The van der Waals surface area contributed by atoms with Gasteiger partial charge in [0.15, 0.2) is 0 Å². The molecule has 1 aromatic heterocycles. The molecule has 0 bridgehead atoms. The van der Waals surface area contributed by atoms with E-state index in [9.17, 15) is 12.8 Å². The Balaban J connectivity index is 1.91. The molecule has 0 radical (unpaired) electrons. The molecule has 118 valence electrons. The number of hydrogen-bond acceptors (Lipinski definition) is 3. The van der Waals surface area contributed by atoms with E-state index in [0.29, 0.717) is 16.8 Å². The number of para-hydroxylation sites is 1. The maximum absolute atomic E-state index is 12.9. The molecule has 3 rings (SSSR count). The van der Waals surface area contributed by atoms with Crippen molar-refractivity contribution in [2.24, 2.45) is 0 Å². The number of anilines is 1. The van der Waals surface area contributed by atoms with Crippen LogP contribution in [0.3, 0.4) is 0 Å². The van der Waals surface area contributed by atoms with Crippen LogP contribution < -0.4 is 4.72 Å². The van der Waals surface area contributed by atoms with Gasteiger partial charge in [0, 0.05) is 11.1 Å². The van der Waals surface area contributed by atoms with Crippen LogP contribution in [0.25, 0.3) is 10.9 Å². The second-order valence-electron chi connectivity index (χ2n) is 5.32. The number of aromatic nitrogens is 1. The van der Waals surface area contributed by atoms with Gasteiger partial charge in [0.2, 0.25) is 10.0 Å². The highest BCUT2D eigenvalue weighted by atomic mass is 32.2. The van der Waals surface area contributed by atoms with Crippen molar-refractivity contribution in [3.8, 4) is 0 Å². The topological polar surface area (TPSA) is 59.1 Å². The van der Waals surface area contributed by atoms with E-state index < -0.39 is 15.8 Å². The van der Waals surface area contributed by atoms with Gasteiger partial charge in [-0.15, -0.1) is 0 Å². The van der Waals surface area contributed by atoms with E-state index in [-0.39, 0.29) is 5.75 Å². The summed E-state index contributed by atoms with van der Waals surface area (Å²) in [6.45, 7) is 1.85. The van der Waals surface area contributed by atoms with Crippen molar-refractivity contribution in [1.82, 2.24) is 4.98 Å². The average molecular weight is 330 g/mol. The Morgan fingerprint density at radius 1 is 1.04 bits per heavy atom. The lowest BCUT2D eigenvalue weighted by Crippen LogP contribution is -2.15. The van der Waals surface area contributed by atoms with Gasteiger partial charge in [-0.3, -0.25) is 9.71 Å². The molecule has 0 atom stereocenters. The SMILES string of the molecule is Cc1ccc2cccc(NS(=O)(=O)Cc3ccc(F)cc3)c2n1. The lowest BCUT2D eigenvalue weighted by molar-refractivity contribution is 0.600. The number of halogens is 1. The Bertz CT molecular complexity index is 954. The molecule has 1 N–H and O–H groups in total. The summed E-state index contributed by atoms with van der Waals surface area (Å²) in [5.41, 5.74) is 2.37. The fraction of sp³-hybridized carbons (Fsp3) is 0.118. The molecule has 0 spiro atoms. The van der Waals surface area contributed by atoms with Crippen molar-refractivity contribution in [2.45, 2.75) is 12.7 Å². The number of pyridine rings is 1. The van der Waals surface area contributed by atoms with Gasteiger partial charge >= 0.3 is 0 Å². The van der Waals surface area contributed by atoms with Crippen LogP contribution in [0.4, 0.5) is 10.1 Å². The third kappa shape index (κ3) is 3.65. The zero-order valence-electron chi connectivity index (χ0n) is 12.5. The minimum absolute atomic E-state index is 0.227. The highest BCUT2D eigenvalue weighted by Crippen LogP contribution is 2.23. The third-order valence-corrected chi connectivity index (χ3v) is 4.64. The van der Waals surface area contributed by atoms with Crippen LogP contribution in [0.5, 0.6) is 0 Å². The molecule has 0 aliphatic heterocycles. The fourth-order valence-corrected chi connectivity index (χ4v) is 3.53. The molecule has 0 fully saturated rings. The number of nitrogens with zero attached hydrogens (tertiary/aromatic N) is 1. The van der Waals surface area contributed by atoms with E-state index in [1.54, 1.807) is 12.1 Å². The largest absolute Gasteiger partial charge is 0.281 e. The summed E-state index contributed by atoms with van der Waals surface area (Å²) in [5.74, 6) is -0.622. The number of hydrogen-bond donors (Lipinski definition) is 1. The maximum Gasteiger partial charge on any atom is 0.236 e. The molecular weight excluding hydrogens is 315 g/mol. The zero-order chi connectivity index (χ0) is 16.4. The van der Waals surface area contributed by atoms with Gasteiger partial charge in [0.25, 0.3) is 0 Å². The summed E-state index contributed by atoms with van der Waals surface area (Å²) in [5, 5.41) is 0.859. The van der Waals surface area contributed by atoms with E-state index in [1.807, 2.05) is 25.1 Å². The van der Waals surface area contributed by atoms with Crippen molar-refractivity contribution in [3.63, 3.8) is 0 Å². The fourth-order valence-electron chi connectivity index (χ4n) is 2.33. The molecule has 0 amide bonds. The van der Waals surface area contributed by atoms with Gasteiger partial charge in [0.1, 0.15) is 5.82 Å². The molecule has 2 aromatic carbocycles. The highest BCUT2D eigenvalue weighted by Gasteiger charge is 2.14. The minimum atomic E-state index is -3.62. The quantitative estimate of drug-likeness (QED) is 0.795. The highest BCUT2D eigenvalue weighted by molar-refractivity contribution is 7.91. The van der Waals surface area contributed by atoms with Gasteiger partial charge < -0.3 is 0 Å². The molecule has 0 unspecified atom stereocenters. The van der Waals surface area contributed by atoms with Crippen LogP contribution in [-0.2, 0) is 15.8 Å². The first-order valence-corrected chi connectivity index (χ1v) is 8.69. The van der Waals surface area contributed by atoms with Gasteiger partial charge in [-0.1, -0.05) is 30.3 Å². The predicted octanol–water partition coefficient (Wildman–Crippen LogP) is 3.62. The normalized spacial score (nSPS) is 11.6. The molecule has 1 heterocycles. The standard InChI is InChI=1S/C17H15FN2O2S/c1-12-5-8-14-3-2-4-16(17(14)19-12)20-23(21,22)11-13-6-9-15(18)10-7-13/h2-10,20H,11H2,1H3. The first-order chi connectivity index (χ1) is 10.9. The van der Waals surface area contributed by atoms with Crippen molar-refractivity contribution >= 4 is 26.6 Å². The molecular formula is C17H15FN2O2S. The molecule has 4 nitrogen and oxygen atoms in total.